The monoisotopic (exact) mass is 292 g/mol. The van der Waals surface area contributed by atoms with Gasteiger partial charge < -0.3 is 5.73 Å². The number of sulfonamides is 1. The Kier molecular flexibility index (Phi) is 5.25. The predicted octanol–water partition coefficient (Wildman–Crippen LogP) is 2.36. The van der Waals surface area contributed by atoms with E-state index in [4.69, 9.17) is 5.73 Å². The zero-order valence-corrected chi connectivity index (χ0v) is 11.8. The molecule has 0 spiro atoms. The van der Waals surface area contributed by atoms with Crippen LogP contribution in [-0.4, -0.2) is 25.8 Å². The van der Waals surface area contributed by atoms with Crippen molar-refractivity contribution >= 4 is 15.7 Å². The highest BCUT2D eigenvalue weighted by atomic mass is 32.2. The topological polar surface area (TPSA) is 63.4 Å². The summed E-state index contributed by atoms with van der Waals surface area (Å²) in [6, 6.07) is 1.77. The summed E-state index contributed by atoms with van der Waals surface area (Å²) < 4.78 is 52.7. The molecule has 0 saturated heterocycles. The number of nitrogen functional groups attached to an aromatic ring is 1. The standard InChI is InChI=1S/C12H18F2N2O2S/c1-3-7-16(8-4-2)19(17,18)10-6-5-9(13)12(15)11(10)14/h5-6H,3-4,7-8,15H2,1-2H3. The Morgan fingerprint density at radius 2 is 1.68 bits per heavy atom. The Bertz CT molecular complexity index is 541. The summed E-state index contributed by atoms with van der Waals surface area (Å²) in [6.45, 7) is 4.22. The number of benzene rings is 1. The molecule has 2 N–H and O–H groups in total. The first-order chi connectivity index (χ1) is 8.86. The van der Waals surface area contributed by atoms with Gasteiger partial charge in [0.05, 0.1) is 0 Å². The van der Waals surface area contributed by atoms with Crippen LogP contribution in [-0.2, 0) is 10.0 Å². The molecule has 0 aliphatic heterocycles. The molecule has 0 aliphatic carbocycles. The third-order valence-corrected chi connectivity index (χ3v) is 4.57. The molecule has 0 radical (unpaired) electrons. The fraction of sp³-hybridized carbons (Fsp3) is 0.500. The molecule has 1 rings (SSSR count). The first-order valence-electron chi connectivity index (χ1n) is 6.09. The second kappa shape index (κ2) is 6.29. The van der Waals surface area contributed by atoms with Crippen LogP contribution < -0.4 is 5.73 Å². The van der Waals surface area contributed by atoms with E-state index in [0.29, 0.717) is 12.8 Å². The van der Waals surface area contributed by atoms with Gasteiger partial charge in [-0.05, 0) is 25.0 Å². The summed E-state index contributed by atoms with van der Waals surface area (Å²) in [5.74, 6) is -2.19. The maximum Gasteiger partial charge on any atom is 0.246 e. The van der Waals surface area contributed by atoms with Crippen LogP contribution in [0.15, 0.2) is 17.0 Å². The van der Waals surface area contributed by atoms with E-state index < -0.39 is 32.2 Å². The van der Waals surface area contributed by atoms with Crippen LogP contribution in [0, 0.1) is 11.6 Å². The maximum absolute atomic E-state index is 13.8. The zero-order valence-electron chi connectivity index (χ0n) is 11.0. The van der Waals surface area contributed by atoms with Crippen LogP contribution in [0.1, 0.15) is 26.7 Å². The summed E-state index contributed by atoms with van der Waals surface area (Å²) in [4.78, 5) is -0.576. The molecule has 1 aromatic rings. The normalized spacial score (nSPS) is 12.1. The molecule has 0 heterocycles. The summed E-state index contributed by atoms with van der Waals surface area (Å²) in [5.41, 5.74) is 4.43. The molecule has 0 unspecified atom stereocenters. The number of hydrogen-bond donors (Lipinski definition) is 1. The summed E-state index contributed by atoms with van der Waals surface area (Å²) in [6.07, 6.45) is 1.22. The van der Waals surface area contributed by atoms with Gasteiger partial charge in [-0.3, -0.25) is 0 Å². The van der Waals surface area contributed by atoms with Crippen molar-refractivity contribution in [1.29, 1.82) is 0 Å². The van der Waals surface area contributed by atoms with Crippen molar-refractivity contribution in [1.82, 2.24) is 4.31 Å². The Labute approximate surface area is 112 Å². The van der Waals surface area contributed by atoms with Gasteiger partial charge in [0.2, 0.25) is 10.0 Å². The number of halogens is 2. The molecule has 108 valence electrons. The molecule has 19 heavy (non-hydrogen) atoms. The highest BCUT2D eigenvalue weighted by Crippen LogP contribution is 2.25. The molecule has 0 atom stereocenters. The third-order valence-electron chi connectivity index (χ3n) is 2.65. The number of rotatable bonds is 6. The lowest BCUT2D eigenvalue weighted by atomic mass is 10.3. The SMILES string of the molecule is CCCN(CCC)S(=O)(=O)c1ccc(F)c(N)c1F. The van der Waals surface area contributed by atoms with Gasteiger partial charge in [-0.2, -0.15) is 4.31 Å². The molecule has 0 aliphatic rings. The summed E-state index contributed by atoms with van der Waals surface area (Å²) in [7, 11) is -3.98. The van der Waals surface area contributed by atoms with E-state index in [1.165, 1.54) is 4.31 Å². The van der Waals surface area contributed by atoms with Crippen molar-refractivity contribution in [2.24, 2.45) is 0 Å². The van der Waals surface area contributed by atoms with Gasteiger partial charge in [-0.1, -0.05) is 13.8 Å². The Balaban J connectivity index is 3.29. The van der Waals surface area contributed by atoms with Gasteiger partial charge in [0.25, 0.3) is 0 Å². The van der Waals surface area contributed by atoms with Crippen LogP contribution in [0.5, 0.6) is 0 Å². The van der Waals surface area contributed by atoms with E-state index in [2.05, 4.69) is 0 Å². The van der Waals surface area contributed by atoms with Gasteiger partial charge in [0.15, 0.2) is 5.82 Å². The molecule has 7 heteroatoms. The Hall–Kier alpha value is -1.21. The van der Waals surface area contributed by atoms with E-state index >= 15 is 0 Å². The van der Waals surface area contributed by atoms with Crippen molar-refractivity contribution in [2.45, 2.75) is 31.6 Å². The second-order valence-electron chi connectivity index (χ2n) is 4.18. The quantitative estimate of drug-likeness (QED) is 0.819. The number of anilines is 1. The molecular formula is C12H18F2N2O2S. The van der Waals surface area contributed by atoms with Crippen LogP contribution >= 0.6 is 0 Å². The van der Waals surface area contributed by atoms with E-state index in [1.54, 1.807) is 0 Å². The van der Waals surface area contributed by atoms with Crippen molar-refractivity contribution < 1.29 is 17.2 Å². The largest absolute Gasteiger partial charge is 0.394 e. The van der Waals surface area contributed by atoms with E-state index in [-0.39, 0.29) is 13.1 Å². The maximum atomic E-state index is 13.8. The third kappa shape index (κ3) is 3.22. The predicted molar refractivity (Wildman–Crippen MR) is 70.1 cm³/mol. The average Bonchev–Trinajstić information content (AvgIpc) is 2.35. The van der Waals surface area contributed by atoms with Gasteiger partial charge >= 0.3 is 0 Å². The smallest absolute Gasteiger partial charge is 0.246 e. The number of nitrogens with zero attached hydrogens (tertiary/aromatic N) is 1. The van der Waals surface area contributed by atoms with Crippen LogP contribution in [0.2, 0.25) is 0 Å². The van der Waals surface area contributed by atoms with E-state index in [1.807, 2.05) is 13.8 Å². The van der Waals surface area contributed by atoms with Crippen molar-refractivity contribution in [2.75, 3.05) is 18.8 Å². The molecule has 4 nitrogen and oxygen atoms in total. The number of hydrogen-bond acceptors (Lipinski definition) is 3. The van der Waals surface area contributed by atoms with Gasteiger partial charge in [-0.25, -0.2) is 17.2 Å². The average molecular weight is 292 g/mol. The van der Waals surface area contributed by atoms with Crippen LogP contribution in [0.3, 0.4) is 0 Å². The zero-order chi connectivity index (χ0) is 14.6. The molecule has 0 saturated carbocycles. The van der Waals surface area contributed by atoms with Crippen LogP contribution in [0.25, 0.3) is 0 Å². The molecule has 0 amide bonds. The van der Waals surface area contributed by atoms with Crippen LogP contribution in [0.4, 0.5) is 14.5 Å². The first-order valence-corrected chi connectivity index (χ1v) is 7.53. The van der Waals surface area contributed by atoms with Crippen molar-refractivity contribution in [3.63, 3.8) is 0 Å². The van der Waals surface area contributed by atoms with Crippen molar-refractivity contribution in [3.05, 3.63) is 23.8 Å². The lowest BCUT2D eigenvalue weighted by molar-refractivity contribution is 0.406. The Morgan fingerprint density at radius 1 is 1.16 bits per heavy atom. The molecule has 1 aromatic carbocycles. The van der Waals surface area contributed by atoms with E-state index in [0.717, 1.165) is 12.1 Å². The van der Waals surface area contributed by atoms with Crippen molar-refractivity contribution in [3.8, 4) is 0 Å². The molecule has 0 bridgehead atoms. The second-order valence-corrected chi connectivity index (χ2v) is 6.08. The minimum atomic E-state index is -3.98. The molecule has 0 fully saturated rings. The minimum Gasteiger partial charge on any atom is -0.394 e. The lowest BCUT2D eigenvalue weighted by Crippen LogP contribution is -2.33. The van der Waals surface area contributed by atoms with E-state index in [9.17, 15) is 17.2 Å². The highest BCUT2D eigenvalue weighted by molar-refractivity contribution is 7.89. The summed E-state index contributed by atoms with van der Waals surface area (Å²) in [5, 5.41) is 0. The van der Waals surface area contributed by atoms with Gasteiger partial charge in [-0.15, -0.1) is 0 Å². The highest BCUT2D eigenvalue weighted by Gasteiger charge is 2.28. The Morgan fingerprint density at radius 3 is 2.16 bits per heavy atom. The summed E-state index contributed by atoms with van der Waals surface area (Å²) >= 11 is 0. The minimum absolute atomic E-state index is 0.285. The fourth-order valence-corrected chi connectivity index (χ4v) is 3.44. The van der Waals surface area contributed by atoms with Gasteiger partial charge in [0.1, 0.15) is 16.4 Å². The fourth-order valence-electron chi connectivity index (χ4n) is 1.74. The first kappa shape index (κ1) is 15.8. The molecular weight excluding hydrogens is 274 g/mol. The lowest BCUT2D eigenvalue weighted by Gasteiger charge is -2.21. The molecule has 0 aromatic heterocycles. The van der Waals surface area contributed by atoms with Gasteiger partial charge in [0, 0.05) is 13.1 Å². The number of nitrogens with two attached hydrogens (primary N) is 1.